The van der Waals surface area contributed by atoms with E-state index in [4.69, 9.17) is 16.9 Å². The van der Waals surface area contributed by atoms with Crippen LogP contribution in [-0.4, -0.2) is 40.1 Å². The second-order valence-electron chi connectivity index (χ2n) is 5.58. The molecule has 0 aliphatic carbocycles. The molecular formula is C17H16F3N3O3PS+. The minimum Gasteiger partial charge on any atom is -0.480 e. The molecule has 0 spiro atoms. The standard InChI is InChI=1S/C17H15F3N3O3PS/c18-16(19,20)15(26)23(11-14(24)25)17(27-28,21-12-7-3-1-4-8-12)22-13-9-5-2-6-10-13/h1-10,21-22H,11H2,(H,24,25)/p+1. The summed E-state index contributed by atoms with van der Waals surface area (Å²) in [5, 5.41) is 14.7. The van der Waals surface area contributed by atoms with Gasteiger partial charge in [0, 0.05) is 11.4 Å². The first-order valence-electron chi connectivity index (χ1n) is 7.84. The van der Waals surface area contributed by atoms with Crippen LogP contribution in [0.3, 0.4) is 0 Å². The number of hydrogen-bond acceptors (Lipinski definition) is 5. The Hall–Kier alpha value is -2.71. The van der Waals surface area contributed by atoms with E-state index < -0.39 is 37.5 Å². The predicted molar refractivity (Wildman–Crippen MR) is 104 cm³/mol. The zero-order valence-electron chi connectivity index (χ0n) is 14.2. The van der Waals surface area contributed by atoms with Gasteiger partial charge in [0.15, 0.2) is 11.8 Å². The summed E-state index contributed by atoms with van der Waals surface area (Å²) < 4.78 is 39.7. The number of anilines is 2. The number of carbonyl (C=O) groups excluding carboxylic acids is 1. The number of nitrogens with zero attached hydrogens (tertiary/aromatic N) is 1. The summed E-state index contributed by atoms with van der Waals surface area (Å²) in [5.74, 6) is -3.93. The smallest absolute Gasteiger partial charge is 0.471 e. The van der Waals surface area contributed by atoms with Gasteiger partial charge in [0.2, 0.25) is 7.36 Å². The molecule has 2 rings (SSSR count). The Morgan fingerprint density at radius 3 is 1.71 bits per heavy atom. The van der Waals surface area contributed by atoms with E-state index in [1.54, 1.807) is 60.7 Å². The first-order valence-corrected chi connectivity index (χ1v) is 9.97. The fourth-order valence-corrected chi connectivity index (χ4v) is 3.68. The fourth-order valence-electron chi connectivity index (χ4n) is 2.36. The molecule has 0 aromatic heterocycles. The van der Waals surface area contributed by atoms with Crippen molar-refractivity contribution in [3.05, 3.63) is 60.7 Å². The summed E-state index contributed by atoms with van der Waals surface area (Å²) in [6.45, 7) is -1.21. The largest absolute Gasteiger partial charge is 0.480 e. The highest BCUT2D eigenvalue weighted by molar-refractivity contribution is 7.97. The maximum atomic E-state index is 13.2. The van der Waals surface area contributed by atoms with E-state index in [0.29, 0.717) is 11.4 Å². The molecule has 28 heavy (non-hydrogen) atoms. The fraction of sp³-hybridized carbons (Fsp3) is 0.176. The van der Waals surface area contributed by atoms with Gasteiger partial charge in [-0.1, -0.05) is 36.4 Å². The summed E-state index contributed by atoms with van der Waals surface area (Å²) in [6, 6.07) is 16.2. The number of halogens is 3. The van der Waals surface area contributed by atoms with Gasteiger partial charge in [0.05, 0.1) is 0 Å². The third-order valence-corrected chi connectivity index (χ3v) is 5.23. The Kier molecular flexibility index (Phi) is 6.93. The molecule has 6 nitrogen and oxygen atoms in total. The highest BCUT2D eigenvalue weighted by Crippen LogP contribution is 2.34. The van der Waals surface area contributed by atoms with Crippen molar-refractivity contribution in [1.82, 2.24) is 4.90 Å². The van der Waals surface area contributed by atoms with Crippen LogP contribution in [0.2, 0.25) is 0 Å². The zero-order chi connectivity index (χ0) is 20.8. The molecule has 0 saturated heterocycles. The van der Waals surface area contributed by atoms with Crippen molar-refractivity contribution in [3.8, 4) is 0 Å². The Labute approximate surface area is 165 Å². The quantitative estimate of drug-likeness (QED) is 0.440. The van der Waals surface area contributed by atoms with Crippen LogP contribution in [0.5, 0.6) is 0 Å². The molecule has 0 fully saturated rings. The van der Waals surface area contributed by atoms with Crippen molar-refractivity contribution in [1.29, 1.82) is 0 Å². The van der Waals surface area contributed by atoms with Crippen molar-refractivity contribution < 1.29 is 27.9 Å². The molecule has 0 bridgehead atoms. The number of benzene rings is 2. The molecule has 1 unspecified atom stereocenters. The summed E-state index contributed by atoms with van der Waals surface area (Å²) in [5.41, 5.74) is -1.29. The van der Waals surface area contributed by atoms with Gasteiger partial charge >= 0.3 is 23.6 Å². The van der Waals surface area contributed by atoms with Crippen LogP contribution in [0, 0.1) is 0 Å². The van der Waals surface area contributed by atoms with Crippen LogP contribution in [0.4, 0.5) is 24.5 Å². The molecule has 0 aliphatic rings. The molecule has 0 saturated carbocycles. The van der Waals surface area contributed by atoms with Crippen LogP contribution in [0.1, 0.15) is 0 Å². The normalized spacial score (nSPS) is 11.7. The third-order valence-electron chi connectivity index (χ3n) is 3.53. The average Bonchev–Trinajstić information content (AvgIpc) is 2.66. The van der Waals surface area contributed by atoms with E-state index >= 15 is 0 Å². The van der Waals surface area contributed by atoms with E-state index in [9.17, 15) is 22.8 Å². The second kappa shape index (κ2) is 8.99. The number of hydrogen-bond donors (Lipinski definition) is 3. The van der Waals surface area contributed by atoms with Crippen molar-refractivity contribution in [2.75, 3.05) is 17.2 Å². The molecule has 11 heteroatoms. The number of amides is 1. The van der Waals surface area contributed by atoms with Crippen molar-refractivity contribution in [3.63, 3.8) is 0 Å². The molecule has 148 valence electrons. The molecule has 2 aromatic rings. The molecule has 1 atom stereocenters. The van der Waals surface area contributed by atoms with E-state index in [0.717, 1.165) is 0 Å². The van der Waals surface area contributed by atoms with Crippen LogP contribution < -0.4 is 10.6 Å². The van der Waals surface area contributed by atoms with Gasteiger partial charge in [-0.25, -0.2) is 4.90 Å². The van der Waals surface area contributed by atoms with Gasteiger partial charge in [0.1, 0.15) is 6.54 Å². The van der Waals surface area contributed by atoms with Crippen LogP contribution >= 0.6 is 7.36 Å². The van der Waals surface area contributed by atoms with Crippen molar-refractivity contribution in [2.45, 2.75) is 11.7 Å². The number of rotatable bonds is 8. The topological polar surface area (TPSA) is 81.7 Å². The zero-order valence-corrected chi connectivity index (χ0v) is 16.1. The number of carbonyl (C=O) groups is 2. The lowest BCUT2D eigenvalue weighted by atomic mass is 10.3. The molecule has 2 aromatic carbocycles. The summed E-state index contributed by atoms with van der Waals surface area (Å²) in [7, 11) is -0.775. The molecule has 3 N–H and O–H groups in total. The lowest BCUT2D eigenvalue weighted by Gasteiger charge is -2.36. The summed E-state index contributed by atoms with van der Waals surface area (Å²) in [6.07, 6.45) is -5.29. The molecule has 1 amide bonds. The SMILES string of the molecule is O=C(O)CN(C(=O)C(F)(F)F)C(Nc1ccccc1)(Nc1ccccc1)[PH+]=S. The third kappa shape index (κ3) is 5.40. The molecule has 0 radical (unpaired) electrons. The highest BCUT2D eigenvalue weighted by atomic mass is 32.4. The Bertz CT molecular complexity index is 796. The number of carboxylic acids is 1. The summed E-state index contributed by atoms with van der Waals surface area (Å²) >= 11 is 5.10. The first kappa shape index (κ1) is 21.6. The lowest BCUT2D eigenvalue weighted by molar-refractivity contribution is -0.189. The predicted octanol–water partition coefficient (Wildman–Crippen LogP) is 3.44. The Morgan fingerprint density at radius 2 is 1.39 bits per heavy atom. The number of aliphatic carboxylic acids is 1. The van der Waals surface area contributed by atoms with Gasteiger partial charge < -0.3 is 15.7 Å². The highest BCUT2D eigenvalue weighted by Gasteiger charge is 2.55. The molecular weight excluding hydrogens is 414 g/mol. The molecule has 0 heterocycles. The first-order chi connectivity index (χ1) is 13.2. The van der Waals surface area contributed by atoms with Crippen LogP contribution in [0.15, 0.2) is 60.7 Å². The van der Waals surface area contributed by atoms with Gasteiger partial charge in [-0.15, -0.1) is 0 Å². The maximum Gasteiger partial charge on any atom is 0.471 e. The Morgan fingerprint density at radius 1 is 0.964 bits per heavy atom. The van der Waals surface area contributed by atoms with Gasteiger partial charge in [-0.3, -0.25) is 9.59 Å². The molecule has 0 aliphatic heterocycles. The van der Waals surface area contributed by atoms with Crippen molar-refractivity contribution >= 4 is 42.4 Å². The second-order valence-corrected chi connectivity index (χ2v) is 7.12. The number of carboxylic acid groups (broad SMARTS) is 1. The van der Waals surface area contributed by atoms with Crippen LogP contribution in [0.25, 0.3) is 0 Å². The summed E-state index contributed by atoms with van der Waals surface area (Å²) in [4.78, 5) is 23.5. The Balaban J connectivity index is 2.58. The van der Waals surface area contributed by atoms with Gasteiger partial charge in [-0.2, -0.15) is 13.2 Å². The minimum absolute atomic E-state index is 0.167. The van der Waals surface area contributed by atoms with Gasteiger partial charge in [-0.05, 0) is 24.3 Å². The maximum absolute atomic E-state index is 13.2. The lowest BCUT2D eigenvalue weighted by Crippen LogP contribution is -2.62. The van der Waals surface area contributed by atoms with Crippen LogP contribution in [-0.2, 0) is 21.4 Å². The number of nitrogens with one attached hydrogen (secondary N) is 2. The van der Waals surface area contributed by atoms with E-state index in [1.165, 1.54) is 0 Å². The number of alkyl halides is 3. The monoisotopic (exact) mass is 430 g/mol. The number of para-hydroxylation sites is 2. The van der Waals surface area contributed by atoms with Gasteiger partial charge in [0.25, 0.3) is 0 Å². The van der Waals surface area contributed by atoms with Crippen molar-refractivity contribution in [2.24, 2.45) is 0 Å². The van der Waals surface area contributed by atoms with E-state index in [2.05, 4.69) is 10.6 Å². The average molecular weight is 430 g/mol. The minimum atomic E-state index is -5.29. The van der Waals surface area contributed by atoms with E-state index in [1.807, 2.05) is 0 Å². The van der Waals surface area contributed by atoms with E-state index in [-0.39, 0.29) is 4.90 Å².